The van der Waals surface area contributed by atoms with Gasteiger partial charge in [-0.2, -0.15) is 0 Å². The van der Waals surface area contributed by atoms with Crippen LogP contribution >= 0.6 is 0 Å². The lowest BCUT2D eigenvalue weighted by atomic mass is 10.2. The van der Waals surface area contributed by atoms with Crippen molar-refractivity contribution in [3.8, 4) is 5.75 Å². The first-order valence-electron chi connectivity index (χ1n) is 8.48. The zero-order valence-electron chi connectivity index (χ0n) is 15.0. The van der Waals surface area contributed by atoms with Gasteiger partial charge in [-0.05, 0) is 48.9 Å². The highest BCUT2D eigenvalue weighted by molar-refractivity contribution is 5.85. The van der Waals surface area contributed by atoms with Crippen molar-refractivity contribution in [1.82, 2.24) is 10.2 Å². The fourth-order valence-corrected chi connectivity index (χ4v) is 2.29. The Labute approximate surface area is 156 Å². The van der Waals surface area contributed by atoms with Gasteiger partial charge in [0.25, 0.3) is 5.91 Å². The Hall–Kier alpha value is -3.22. The van der Waals surface area contributed by atoms with E-state index in [1.807, 2.05) is 0 Å². The van der Waals surface area contributed by atoms with Gasteiger partial charge >= 0.3 is 0 Å². The average Bonchev–Trinajstić information content (AvgIpc) is 2.70. The molecule has 0 aliphatic heterocycles. The van der Waals surface area contributed by atoms with Crippen LogP contribution in [0.15, 0.2) is 48.5 Å². The van der Waals surface area contributed by atoms with Crippen molar-refractivity contribution in [1.29, 1.82) is 0 Å². The number of likely N-dealkylation sites (N-methyl/N-ethyl adjacent to an activating group) is 1. The molecule has 0 aliphatic rings. The number of hydrogen-bond donors (Lipinski definition) is 1. The number of rotatable bonds is 9. The Morgan fingerprint density at radius 3 is 2.37 bits per heavy atom. The van der Waals surface area contributed by atoms with E-state index >= 15 is 0 Å². The van der Waals surface area contributed by atoms with E-state index in [-0.39, 0.29) is 37.3 Å². The molecule has 0 radical (unpaired) electrons. The zero-order chi connectivity index (χ0) is 19.6. The van der Waals surface area contributed by atoms with Crippen molar-refractivity contribution in [2.75, 3.05) is 19.7 Å². The number of amides is 2. The summed E-state index contributed by atoms with van der Waals surface area (Å²) in [5, 5.41) is 2.70. The number of nitrogens with zero attached hydrogens (tertiary/aromatic N) is 1. The first-order chi connectivity index (χ1) is 13.0. The first kappa shape index (κ1) is 20.1. The molecular formula is C20H21FN2O4. The van der Waals surface area contributed by atoms with Gasteiger partial charge in [-0.15, -0.1) is 0 Å². The van der Waals surface area contributed by atoms with Gasteiger partial charge in [0, 0.05) is 18.7 Å². The second-order valence-corrected chi connectivity index (χ2v) is 5.79. The normalized spacial score (nSPS) is 10.1. The lowest BCUT2D eigenvalue weighted by Crippen LogP contribution is -2.42. The number of ether oxygens (including phenoxy) is 1. The van der Waals surface area contributed by atoms with Gasteiger partial charge in [-0.25, -0.2) is 4.39 Å². The Morgan fingerprint density at radius 1 is 1.11 bits per heavy atom. The SMILES string of the molecule is CCN(CC(=O)NCc1ccc(F)cc1)C(=O)COc1ccc(C=O)cc1. The molecule has 0 aliphatic carbocycles. The van der Waals surface area contributed by atoms with Gasteiger partial charge in [0.15, 0.2) is 6.61 Å². The number of hydrogen-bond acceptors (Lipinski definition) is 4. The van der Waals surface area contributed by atoms with E-state index in [0.717, 1.165) is 11.8 Å². The number of carbonyl (C=O) groups excluding carboxylic acids is 3. The molecule has 0 bridgehead atoms. The Bertz CT molecular complexity index is 776. The molecule has 6 nitrogen and oxygen atoms in total. The highest BCUT2D eigenvalue weighted by atomic mass is 19.1. The van der Waals surface area contributed by atoms with Gasteiger partial charge in [0.2, 0.25) is 5.91 Å². The first-order valence-corrected chi connectivity index (χ1v) is 8.48. The van der Waals surface area contributed by atoms with Gasteiger partial charge in [0.05, 0.1) is 6.54 Å². The molecule has 0 heterocycles. The van der Waals surface area contributed by atoms with Crippen LogP contribution in [-0.2, 0) is 16.1 Å². The van der Waals surface area contributed by atoms with Crippen molar-refractivity contribution in [3.05, 3.63) is 65.5 Å². The molecule has 2 aromatic rings. The number of carbonyl (C=O) groups is 3. The quantitative estimate of drug-likeness (QED) is 0.685. The second kappa shape index (κ2) is 10.1. The maximum atomic E-state index is 12.9. The highest BCUT2D eigenvalue weighted by Gasteiger charge is 2.16. The average molecular weight is 372 g/mol. The monoisotopic (exact) mass is 372 g/mol. The van der Waals surface area contributed by atoms with Crippen molar-refractivity contribution >= 4 is 18.1 Å². The van der Waals surface area contributed by atoms with Crippen LogP contribution in [0, 0.1) is 5.82 Å². The summed E-state index contributed by atoms with van der Waals surface area (Å²) in [5.74, 6) is -0.516. The Morgan fingerprint density at radius 2 is 1.78 bits per heavy atom. The van der Waals surface area contributed by atoms with E-state index in [0.29, 0.717) is 17.9 Å². The number of aldehydes is 1. The molecule has 0 saturated carbocycles. The summed E-state index contributed by atoms with van der Waals surface area (Å²) in [5.41, 5.74) is 1.28. The third kappa shape index (κ3) is 6.54. The summed E-state index contributed by atoms with van der Waals surface area (Å²) in [6, 6.07) is 12.2. The minimum atomic E-state index is -0.339. The summed E-state index contributed by atoms with van der Waals surface area (Å²) in [6.07, 6.45) is 0.721. The minimum Gasteiger partial charge on any atom is -0.484 e. The van der Waals surface area contributed by atoms with Crippen LogP contribution in [0.5, 0.6) is 5.75 Å². The second-order valence-electron chi connectivity index (χ2n) is 5.79. The van der Waals surface area contributed by atoms with Crippen LogP contribution in [0.4, 0.5) is 4.39 Å². The van der Waals surface area contributed by atoms with Crippen LogP contribution in [-0.4, -0.2) is 42.7 Å². The van der Waals surface area contributed by atoms with E-state index in [1.165, 1.54) is 17.0 Å². The van der Waals surface area contributed by atoms with E-state index in [4.69, 9.17) is 4.74 Å². The van der Waals surface area contributed by atoms with Gasteiger partial charge in [0.1, 0.15) is 17.9 Å². The molecule has 0 fully saturated rings. The summed E-state index contributed by atoms with van der Waals surface area (Å²) >= 11 is 0. The van der Waals surface area contributed by atoms with E-state index in [1.54, 1.807) is 43.3 Å². The maximum absolute atomic E-state index is 12.9. The Balaban J connectivity index is 1.79. The third-order valence-electron chi connectivity index (χ3n) is 3.85. The lowest BCUT2D eigenvalue weighted by molar-refractivity contribution is -0.137. The topological polar surface area (TPSA) is 75.7 Å². The molecular weight excluding hydrogens is 351 g/mol. The van der Waals surface area contributed by atoms with Crippen LogP contribution in [0.25, 0.3) is 0 Å². The molecule has 2 amide bonds. The molecule has 0 atom stereocenters. The molecule has 27 heavy (non-hydrogen) atoms. The fraction of sp³-hybridized carbons (Fsp3) is 0.250. The van der Waals surface area contributed by atoms with Crippen molar-refractivity contribution < 1.29 is 23.5 Å². The summed E-state index contributed by atoms with van der Waals surface area (Å²) in [6.45, 7) is 2.08. The van der Waals surface area contributed by atoms with Crippen molar-refractivity contribution in [3.63, 3.8) is 0 Å². The fourth-order valence-electron chi connectivity index (χ4n) is 2.29. The number of halogens is 1. The maximum Gasteiger partial charge on any atom is 0.260 e. The van der Waals surface area contributed by atoms with Crippen LogP contribution in [0.1, 0.15) is 22.8 Å². The molecule has 2 rings (SSSR count). The predicted molar refractivity (Wildman–Crippen MR) is 97.8 cm³/mol. The van der Waals surface area contributed by atoms with Crippen LogP contribution in [0.3, 0.4) is 0 Å². The predicted octanol–water partition coefficient (Wildman–Crippen LogP) is 2.18. The minimum absolute atomic E-state index is 0.0933. The van der Waals surface area contributed by atoms with E-state index in [9.17, 15) is 18.8 Å². The smallest absolute Gasteiger partial charge is 0.260 e. The molecule has 0 spiro atoms. The molecule has 0 unspecified atom stereocenters. The molecule has 2 aromatic carbocycles. The van der Waals surface area contributed by atoms with Crippen molar-refractivity contribution in [2.45, 2.75) is 13.5 Å². The van der Waals surface area contributed by atoms with Gasteiger partial charge in [-0.3, -0.25) is 14.4 Å². The lowest BCUT2D eigenvalue weighted by Gasteiger charge is -2.20. The molecule has 0 aromatic heterocycles. The molecule has 0 saturated heterocycles. The van der Waals surface area contributed by atoms with E-state index in [2.05, 4.69) is 5.32 Å². The summed E-state index contributed by atoms with van der Waals surface area (Å²) in [7, 11) is 0. The number of benzene rings is 2. The van der Waals surface area contributed by atoms with Crippen LogP contribution in [0.2, 0.25) is 0 Å². The summed E-state index contributed by atoms with van der Waals surface area (Å²) < 4.78 is 18.3. The van der Waals surface area contributed by atoms with E-state index < -0.39 is 0 Å². The largest absolute Gasteiger partial charge is 0.484 e. The van der Waals surface area contributed by atoms with Gasteiger partial charge in [-0.1, -0.05) is 12.1 Å². The highest BCUT2D eigenvalue weighted by Crippen LogP contribution is 2.11. The Kier molecular flexibility index (Phi) is 7.49. The zero-order valence-corrected chi connectivity index (χ0v) is 15.0. The molecule has 1 N–H and O–H groups in total. The van der Waals surface area contributed by atoms with Gasteiger partial charge < -0.3 is 15.0 Å². The number of nitrogens with one attached hydrogen (secondary N) is 1. The molecule has 142 valence electrons. The van der Waals surface area contributed by atoms with Crippen molar-refractivity contribution in [2.24, 2.45) is 0 Å². The molecule has 7 heteroatoms. The summed E-state index contributed by atoms with van der Waals surface area (Å²) in [4.78, 5) is 36.3. The van der Waals surface area contributed by atoms with Crippen LogP contribution < -0.4 is 10.1 Å². The third-order valence-corrected chi connectivity index (χ3v) is 3.85. The standard InChI is InChI=1S/C20H21FN2O4/c1-2-23(12-19(25)22-11-15-3-7-17(21)8-4-15)20(26)14-27-18-9-5-16(13-24)6-10-18/h3-10,13H,2,11-12,14H2,1H3,(H,22,25).